The molecule has 0 spiro atoms. The van der Waals surface area contributed by atoms with E-state index in [9.17, 15) is 9.59 Å². The second-order valence-electron chi connectivity index (χ2n) is 10.1. The number of piperidine rings is 2. The largest absolute Gasteiger partial charge is 0.464 e. The first-order valence-corrected chi connectivity index (χ1v) is 12.3. The molecule has 0 bridgehead atoms. The van der Waals surface area contributed by atoms with Crippen LogP contribution in [0.1, 0.15) is 54.4 Å². The maximum atomic E-state index is 13.2. The van der Waals surface area contributed by atoms with Crippen LogP contribution in [0.15, 0.2) is 26.0 Å². The van der Waals surface area contributed by atoms with Crippen LogP contribution in [0.4, 0.5) is 0 Å². The molecule has 4 heterocycles. The van der Waals surface area contributed by atoms with E-state index in [4.69, 9.17) is 8.83 Å². The summed E-state index contributed by atoms with van der Waals surface area (Å²) in [5.41, 5.74) is 4.01. The van der Waals surface area contributed by atoms with E-state index in [0.717, 1.165) is 39.6 Å². The number of benzene rings is 1. The first kappa shape index (κ1) is 22.2. The number of likely N-dealkylation sites (N-methyl/N-ethyl adjacent to an activating group) is 1. The van der Waals surface area contributed by atoms with E-state index in [1.807, 2.05) is 38.8 Å². The van der Waals surface area contributed by atoms with Gasteiger partial charge >= 0.3 is 5.63 Å². The molecule has 2 fully saturated rings. The fourth-order valence-electron chi connectivity index (χ4n) is 6.05. The number of hydrogen-bond donors (Lipinski definition) is 0. The van der Waals surface area contributed by atoms with Gasteiger partial charge in [0.05, 0.1) is 18.2 Å². The van der Waals surface area contributed by atoms with Crippen molar-refractivity contribution in [2.75, 3.05) is 26.7 Å². The SMILES string of the molecule is Cc1coc2c(C)c3oc(=O)c(CC(=O)N(C)C[C@@H]4CCCN5CCCC[C@H]45)c(C)c3cc12. The van der Waals surface area contributed by atoms with Crippen molar-refractivity contribution in [2.45, 2.75) is 65.3 Å². The molecule has 1 amide bonds. The van der Waals surface area contributed by atoms with Gasteiger partial charge in [-0.25, -0.2) is 4.79 Å². The number of carbonyl (C=O) groups is 1. The predicted octanol–water partition coefficient (Wildman–Crippen LogP) is 4.73. The third kappa shape index (κ3) is 3.88. The molecule has 0 aliphatic carbocycles. The quantitative estimate of drug-likeness (QED) is 0.538. The van der Waals surface area contributed by atoms with Crippen LogP contribution in [0.2, 0.25) is 0 Å². The zero-order valence-corrected chi connectivity index (χ0v) is 20.2. The topological polar surface area (TPSA) is 66.9 Å². The highest BCUT2D eigenvalue weighted by Crippen LogP contribution is 2.33. The Morgan fingerprint density at radius 2 is 1.85 bits per heavy atom. The van der Waals surface area contributed by atoms with Gasteiger partial charge in [0, 0.05) is 36.0 Å². The Hall–Kier alpha value is -2.60. The maximum absolute atomic E-state index is 13.2. The number of fused-ring (bicyclic) bond motifs is 3. The van der Waals surface area contributed by atoms with E-state index in [2.05, 4.69) is 4.90 Å². The first-order chi connectivity index (χ1) is 15.8. The van der Waals surface area contributed by atoms with Gasteiger partial charge in [0.1, 0.15) is 11.2 Å². The zero-order valence-electron chi connectivity index (χ0n) is 20.2. The monoisotopic (exact) mass is 450 g/mol. The first-order valence-electron chi connectivity index (χ1n) is 12.3. The number of furan rings is 1. The molecule has 1 aromatic carbocycles. The van der Waals surface area contributed by atoms with Gasteiger partial charge in [-0.15, -0.1) is 0 Å². The molecule has 2 aliphatic rings. The highest BCUT2D eigenvalue weighted by molar-refractivity contribution is 6.00. The predicted molar refractivity (Wildman–Crippen MR) is 130 cm³/mol. The third-order valence-electron chi connectivity index (χ3n) is 8.03. The second-order valence-corrected chi connectivity index (χ2v) is 10.1. The van der Waals surface area contributed by atoms with Crippen molar-refractivity contribution in [3.63, 3.8) is 0 Å². The lowest BCUT2D eigenvalue weighted by Gasteiger charge is -2.45. The van der Waals surface area contributed by atoms with Crippen molar-refractivity contribution in [3.8, 4) is 0 Å². The lowest BCUT2D eigenvalue weighted by atomic mass is 9.83. The van der Waals surface area contributed by atoms with Gasteiger partial charge in [0.2, 0.25) is 5.91 Å². The fourth-order valence-corrected chi connectivity index (χ4v) is 6.05. The fraction of sp³-hybridized carbons (Fsp3) is 0.556. The van der Waals surface area contributed by atoms with Crippen LogP contribution in [0, 0.1) is 26.7 Å². The van der Waals surface area contributed by atoms with Crippen LogP contribution in [-0.2, 0) is 11.2 Å². The van der Waals surface area contributed by atoms with E-state index < -0.39 is 5.63 Å². The van der Waals surface area contributed by atoms with Crippen LogP contribution in [-0.4, -0.2) is 48.4 Å². The van der Waals surface area contributed by atoms with Crippen molar-refractivity contribution < 1.29 is 13.6 Å². The van der Waals surface area contributed by atoms with E-state index in [1.54, 1.807) is 6.26 Å². The Morgan fingerprint density at radius 1 is 1.06 bits per heavy atom. The van der Waals surface area contributed by atoms with Gasteiger partial charge in [0.25, 0.3) is 0 Å². The molecule has 33 heavy (non-hydrogen) atoms. The molecule has 2 aliphatic heterocycles. The van der Waals surface area contributed by atoms with Gasteiger partial charge in [-0.1, -0.05) is 6.42 Å². The van der Waals surface area contributed by atoms with E-state index in [-0.39, 0.29) is 12.3 Å². The Morgan fingerprint density at radius 3 is 2.67 bits per heavy atom. The summed E-state index contributed by atoms with van der Waals surface area (Å²) < 4.78 is 11.4. The number of rotatable bonds is 4. The summed E-state index contributed by atoms with van der Waals surface area (Å²) in [6.45, 7) is 8.98. The van der Waals surface area contributed by atoms with Crippen molar-refractivity contribution >= 4 is 27.8 Å². The van der Waals surface area contributed by atoms with Crippen LogP contribution in [0.25, 0.3) is 21.9 Å². The van der Waals surface area contributed by atoms with Crippen LogP contribution in [0.5, 0.6) is 0 Å². The van der Waals surface area contributed by atoms with Crippen LogP contribution >= 0.6 is 0 Å². The minimum absolute atomic E-state index is 0.0185. The Balaban J connectivity index is 1.40. The van der Waals surface area contributed by atoms with E-state index >= 15 is 0 Å². The smallest absolute Gasteiger partial charge is 0.340 e. The molecule has 0 saturated carbocycles. The highest BCUT2D eigenvalue weighted by atomic mass is 16.4. The van der Waals surface area contributed by atoms with Crippen molar-refractivity contribution in [3.05, 3.63) is 45.0 Å². The van der Waals surface area contributed by atoms with Crippen molar-refractivity contribution in [1.82, 2.24) is 9.80 Å². The Kier molecular flexibility index (Phi) is 5.81. The molecule has 0 unspecified atom stereocenters. The number of aryl methyl sites for hydroxylation is 3. The molecule has 5 rings (SSSR count). The lowest BCUT2D eigenvalue weighted by Crippen LogP contribution is -2.51. The van der Waals surface area contributed by atoms with Gasteiger partial charge in [0.15, 0.2) is 0 Å². The minimum Gasteiger partial charge on any atom is -0.464 e. The normalized spacial score (nSPS) is 21.5. The second kappa shape index (κ2) is 8.64. The van der Waals surface area contributed by atoms with Crippen molar-refractivity contribution in [1.29, 1.82) is 0 Å². The summed E-state index contributed by atoms with van der Waals surface area (Å²) in [5, 5.41) is 1.89. The number of carbonyl (C=O) groups excluding carboxylic acids is 1. The summed E-state index contributed by atoms with van der Waals surface area (Å²) >= 11 is 0. The van der Waals surface area contributed by atoms with E-state index in [0.29, 0.717) is 23.1 Å². The molecular weight excluding hydrogens is 416 g/mol. The molecule has 0 radical (unpaired) electrons. The zero-order chi connectivity index (χ0) is 23.3. The molecule has 2 atom stereocenters. The summed E-state index contributed by atoms with van der Waals surface area (Å²) in [6.07, 6.45) is 7.99. The standard InChI is InChI=1S/C27H34N2O4/c1-16-15-32-25-18(3)26-21(12-20(16)25)17(2)22(27(31)33-26)13-24(30)28(4)14-19-8-7-11-29-10-6-5-9-23(19)29/h12,15,19,23H,5-11,13-14H2,1-4H3/t19-,23+/m0/s1. The molecule has 0 N–H and O–H groups in total. The number of hydrogen-bond acceptors (Lipinski definition) is 5. The van der Waals surface area contributed by atoms with E-state index in [1.165, 1.54) is 45.2 Å². The number of amides is 1. The minimum atomic E-state index is -0.427. The van der Waals surface area contributed by atoms with Crippen molar-refractivity contribution in [2.24, 2.45) is 5.92 Å². The molecule has 2 saturated heterocycles. The Labute approximate surface area is 194 Å². The van der Waals surface area contributed by atoms with Gasteiger partial charge in [-0.05, 0) is 82.7 Å². The highest BCUT2D eigenvalue weighted by Gasteiger charge is 2.34. The summed E-state index contributed by atoms with van der Waals surface area (Å²) in [5.74, 6) is 0.497. The maximum Gasteiger partial charge on any atom is 0.340 e. The summed E-state index contributed by atoms with van der Waals surface area (Å²) in [6, 6.07) is 2.62. The average Bonchev–Trinajstić information content (AvgIpc) is 3.18. The molecule has 6 heteroatoms. The number of nitrogens with zero attached hydrogens (tertiary/aromatic N) is 2. The Bertz CT molecular complexity index is 1270. The van der Waals surface area contributed by atoms with Crippen LogP contribution in [0.3, 0.4) is 0 Å². The molecule has 176 valence electrons. The molecule has 3 aromatic rings. The molecular formula is C27H34N2O4. The van der Waals surface area contributed by atoms with Gasteiger partial charge in [-0.3, -0.25) is 4.79 Å². The van der Waals surface area contributed by atoms with Gasteiger partial charge < -0.3 is 18.6 Å². The summed E-state index contributed by atoms with van der Waals surface area (Å²) in [4.78, 5) is 30.6. The molecule has 2 aromatic heterocycles. The van der Waals surface area contributed by atoms with Gasteiger partial charge in [-0.2, -0.15) is 0 Å². The van der Waals surface area contributed by atoms with Crippen LogP contribution < -0.4 is 5.63 Å². The average molecular weight is 451 g/mol. The molecule has 6 nitrogen and oxygen atoms in total. The summed E-state index contributed by atoms with van der Waals surface area (Å²) in [7, 11) is 1.88. The third-order valence-corrected chi connectivity index (χ3v) is 8.03. The lowest BCUT2D eigenvalue weighted by molar-refractivity contribution is -0.130.